The zero-order chi connectivity index (χ0) is 34.7. The van der Waals surface area contributed by atoms with Gasteiger partial charge >= 0.3 is 0 Å². The molecule has 1 spiro atoms. The molecule has 0 bridgehead atoms. The van der Waals surface area contributed by atoms with Crippen LogP contribution in [0.1, 0.15) is 22.3 Å². The smallest absolute Gasteiger partial charge is 0.132 e. The van der Waals surface area contributed by atoms with Gasteiger partial charge in [0.15, 0.2) is 0 Å². The largest absolute Gasteiger partial charge is 0.457 e. The van der Waals surface area contributed by atoms with Crippen molar-refractivity contribution in [3.63, 3.8) is 0 Å². The molecule has 2 nitrogen and oxygen atoms in total. The summed E-state index contributed by atoms with van der Waals surface area (Å²) in [5.74, 6) is 1.84. The maximum atomic E-state index is 6.60. The molecule has 0 unspecified atom stereocenters. The minimum absolute atomic E-state index is 0.489. The van der Waals surface area contributed by atoms with E-state index in [9.17, 15) is 0 Å². The fourth-order valence-electron chi connectivity index (χ4n) is 9.23. The molecule has 0 N–H and O–H groups in total. The molecule has 0 fully saturated rings. The second-order valence-corrected chi connectivity index (χ2v) is 16.1. The Balaban J connectivity index is 1.17. The first-order chi connectivity index (χ1) is 26.3. The molecule has 53 heavy (non-hydrogen) atoms. The fraction of sp³-hybridized carbons (Fsp3) is 0.0204. The summed E-state index contributed by atoms with van der Waals surface area (Å²) in [5.41, 5.74) is 10.6. The van der Waals surface area contributed by atoms with Crippen molar-refractivity contribution in [2.45, 2.75) is 5.41 Å². The normalized spacial score (nSPS) is 13.6. The Kier molecular flexibility index (Phi) is 6.05. The van der Waals surface area contributed by atoms with Crippen molar-refractivity contribution in [3.05, 3.63) is 198 Å². The summed E-state index contributed by atoms with van der Waals surface area (Å²) >= 11 is 3.77. The molecular formula is C49H29NOS2. The fourth-order valence-corrected chi connectivity index (χ4v) is 11.6. The topological polar surface area (TPSA) is 12.5 Å². The van der Waals surface area contributed by atoms with Gasteiger partial charge in [-0.2, -0.15) is 0 Å². The number of rotatable bonds is 3. The van der Waals surface area contributed by atoms with Gasteiger partial charge in [0.1, 0.15) is 11.5 Å². The van der Waals surface area contributed by atoms with Crippen molar-refractivity contribution >= 4 is 80.1 Å². The van der Waals surface area contributed by atoms with Crippen LogP contribution in [0.25, 0.3) is 51.5 Å². The lowest BCUT2D eigenvalue weighted by Crippen LogP contribution is -2.32. The van der Waals surface area contributed by atoms with Crippen molar-refractivity contribution < 1.29 is 4.74 Å². The standard InChI is InChI=1S/C49H29NOS2/c1-2-14-30(15-3-1)50(41-23-12-18-33-32-17-5-11-26-44(32)53-48(33)41)40-22-13-27-45-47(40)35-28-34-31-16-4-6-19-36(31)49(39(34)29-46(35)52-45)37-20-7-9-24-42(37)51-43-25-10-8-21-38(43)49/h1-29H. The van der Waals surface area contributed by atoms with Crippen LogP contribution in [0.4, 0.5) is 17.1 Å². The molecule has 0 atom stereocenters. The van der Waals surface area contributed by atoms with Gasteiger partial charge in [-0.05, 0) is 82.9 Å². The summed E-state index contributed by atoms with van der Waals surface area (Å²) in [7, 11) is 0. The summed E-state index contributed by atoms with van der Waals surface area (Å²) in [6.07, 6.45) is 0. The minimum atomic E-state index is -0.489. The summed E-state index contributed by atoms with van der Waals surface area (Å²) in [4.78, 5) is 2.49. The van der Waals surface area contributed by atoms with E-state index >= 15 is 0 Å². The van der Waals surface area contributed by atoms with Crippen LogP contribution in [-0.4, -0.2) is 0 Å². The highest BCUT2D eigenvalue weighted by Gasteiger charge is 2.51. The molecule has 0 radical (unpaired) electrons. The number of fused-ring (bicyclic) bond motifs is 15. The second kappa shape index (κ2) is 10.9. The molecular weight excluding hydrogens is 683 g/mol. The van der Waals surface area contributed by atoms with Gasteiger partial charge in [0, 0.05) is 52.5 Å². The van der Waals surface area contributed by atoms with Gasteiger partial charge in [0.25, 0.3) is 0 Å². The molecule has 0 saturated heterocycles. The summed E-state index contributed by atoms with van der Waals surface area (Å²) < 4.78 is 11.8. The third kappa shape index (κ3) is 3.92. The number of hydrogen-bond acceptors (Lipinski definition) is 4. The van der Waals surface area contributed by atoms with Crippen LogP contribution in [0.5, 0.6) is 11.5 Å². The zero-order valence-corrected chi connectivity index (χ0v) is 30.0. The third-order valence-corrected chi connectivity index (χ3v) is 13.6. The van der Waals surface area contributed by atoms with Crippen molar-refractivity contribution in [1.29, 1.82) is 0 Å². The number of anilines is 3. The molecule has 10 aromatic rings. The van der Waals surface area contributed by atoms with Gasteiger partial charge in [0.05, 0.1) is 21.5 Å². The average Bonchev–Trinajstić information content (AvgIpc) is 3.87. The van der Waals surface area contributed by atoms with Crippen LogP contribution in [0.3, 0.4) is 0 Å². The quantitative estimate of drug-likeness (QED) is 0.181. The van der Waals surface area contributed by atoms with E-state index in [1.807, 2.05) is 22.7 Å². The van der Waals surface area contributed by atoms with Gasteiger partial charge in [-0.3, -0.25) is 0 Å². The van der Waals surface area contributed by atoms with Gasteiger partial charge in [-0.25, -0.2) is 0 Å². The van der Waals surface area contributed by atoms with Crippen LogP contribution in [-0.2, 0) is 5.41 Å². The van der Waals surface area contributed by atoms with Gasteiger partial charge in [0.2, 0.25) is 0 Å². The lowest BCUT2D eigenvalue weighted by molar-refractivity contribution is 0.436. The van der Waals surface area contributed by atoms with Gasteiger partial charge < -0.3 is 9.64 Å². The van der Waals surface area contributed by atoms with Crippen LogP contribution in [0.2, 0.25) is 0 Å². The molecule has 4 heteroatoms. The Morgan fingerprint density at radius 2 is 1.06 bits per heavy atom. The molecule has 248 valence electrons. The first-order valence-electron chi connectivity index (χ1n) is 18.0. The highest BCUT2D eigenvalue weighted by Crippen LogP contribution is 2.63. The molecule has 0 saturated carbocycles. The summed E-state index contributed by atoms with van der Waals surface area (Å²) in [6, 6.07) is 64.4. The summed E-state index contributed by atoms with van der Waals surface area (Å²) in [6.45, 7) is 0. The maximum Gasteiger partial charge on any atom is 0.132 e. The van der Waals surface area contributed by atoms with Gasteiger partial charge in [-0.15, -0.1) is 22.7 Å². The number of ether oxygens (including phenoxy) is 1. The highest BCUT2D eigenvalue weighted by atomic mass is 32.1. The predicted molar refractivity (Wildman–Crippen MR) is 224 cm³/mol. The van der Waals surface area contributed by atoms with Crippen LogP contribution in [0.15, 0.2) is 176 Å². The Morgan fingerprint density at radius 3 is 1.89 bits per heavy atom. The van der Waals surface area contributed by atoms with E-state index in [2.05, 4.69) is 181 Å². The van der Waals surface area contributed by atoms with Crippen LogP contribution >= 0.6 is 22.7 Å². The van der Waals surface area contributed by atoms with E-state index in [0.29, 0.717) is 0 Å². The Hall–Kier alpha value is -6.20. The highest BCUT2D eigenvalue weighted by molar-refractivity contribution is 7.26. The van der Waals surface area contributed by atoms with E-state index in [-0.39, 0.29) is 0 Å². The maximum absolute atomic E-state index is 6.60. The minimum Gasteiger partial charge on any atom is -0.457 e. The lowest BCUT2D eigenvalue weighted by atomic mass is 9.66. The Labute approximate surface area is 314 Å². The number of benzene rings is 8. The Bertz CT molecular complexity index is 3070. The molecule has 1 aliphatic heterocycles. The molecule has 12 rings (SSSR count). The second-order valence-electron chi connectivity index (χ2n) is 14.0. The first-order valence-corrected chi connectivity index (χ1v) is 19.6. The van der Waals surface area contributed by atoms with E-state index < -0.39 is 5.41 Å². The van der Waals surface area contributed by atoms with Crippen LogP contribution in [0, 0.1) is 0 Å². The number of hydrogen-bond donors (Lipinski definition) is 0. The van der Waals surface area contributed by atoms with Crippen molar-refractivity contribution in [2.24, 2.45) is 0 Å². The molecule has 8 aromatic carbocycles. The predicted octanol–water partition coefficient (Wildman–Crippen LogP) is 14.4. The van der Waals surface area contributed by atoms with Crippen molar-refractivity contribution in [3.8, 4) is 22.6 Å². The molecule has 2 aromatic heterocycles. The first kappa shape index (κ1) is 29.4. The number of nitrogens with zero attached hydrogens (tertiary/aromatic N) is 1. The average molecular weight is 712 g/mol. The van der Waals surface area contributed by atoms with Crippen molar-refractivity contribution in [2.75, 3.05) is 4.90 Å². The third-order valence-electron chi connectivity index (χ3n) is 11.3. The monoisotopic (exact) mass is 711 g/mol. The van der Waals surface area contributed by atoms with E-state index in [1.54, 1.807) is 0 Å². The molecule has 0 amide bonds. The molecule has 1 aliphatic carbocycles. The zero-order valence-electron chi connectivity index (χ0n) is 28.4. The lowest BCUT2D eigenvalue weighted by Gasteiger charge is -2.39. The Morgan fingerprint density at radius 1 is 0.415 bits per heavy atom. The van der Waals surface area contributed by atoms with E-state index in [4.69, 9.17) is 4.74 Å². The number of para-hydroxylation sites is 3. The summed E-state index contributed by atoms with van der Waals surface area (Å²) in [5, 5.41) is 5.16. The molecule has 2 aliphatic rings. The number of thiophene rings is 2. The van der Waals surface area contributed by atoms with E-state index in [1.165, 1.54) is 85.1 Å². The SMILES string of the molecule is c1ccc(N(c2cccc3c2sc2ccccc23)c2cccc3sc4cc5c(cc4c23)-c2ccccc2C52c3ccccc3Oc3ccccc32)cc1. The van der Waals surface area contributed by atoms with Crippen LogP contribution < -0.4 is 9.64 Å². The van der Waals surface area contributed by atoms with Crippen molar-refractivity contribution in [1.82, 2.24) is 0 Å². The van der Waals surface area contributed by atoms with Gasteiger partial charge in [-0.1, -0.05) is 115 Å². The van der Waals surface area contributed by atoms with E-state index in [0.717, 1.165) is 17.2 Å². The molecule has 3 heterocycles.